The van der Waals surface area contributed by atoms with Crippen LogP contribution in [0, 0.1) is 0 Å². The molecule has 0 atom stereocenters. The number of carbonyl (C=O) groups is 1. The maximum absolute atomic E-state index is 9.37. The summed E-state index contributed by atoms with van der Waals surface area (Å²) >= 11 is 0. The fraction of sp³-hybridized carbons (Fsp3) is 0.222. The highest BCUT2D eigenvalue weighted by molar-refractivity contribution is 5.66. The van der Waals surface area contributed by atoms with E-state index in [1.807, 2.05) is 0 Å². The fourth-order valence-electron chi connectivity index (χ4n) is 0. The molecule has 0 rings (SSSR count). The van der Waals surface area contributed by atoms with Crippen molar-refractivity contribution in [3.63, 3.8) is 0 Å². The fourth-order valence-corrected chi connectivity index (χ4v) is 0. The van der Waals surface area contributed by atoms with Gasteiger partial charge in [-0.1, -0.05) is 6.92 Å². The minimum atomic E-state index is -0.745. The number of carboxylic acids is 1. The van der Waals surface area contributed by atoms with Gasteiger partial charge in [0.15, 0.2) is 0 Å². The summed E-state index contributed by atoms with van der Waals surface area (Å²) in [4.78, 5) is 9.37. The molecule has 0 saturated carbocycles. The van der Waals surface area contributed by atoms with E-state index < -0.39 is 5.97 Å². The molecular weight excluding hydrogens is 140 g/mol. The van der Waals surface area contributed by atoms with Crippen LogP contribution in [0.2, 0.25) is 0 Å². The summed E-state index contributed by atoms with van der Waals surface area (Å²) in [5.41, 5.74) is 0. The Bertz CT molecular complexity index is 65.2. The van der Waals surface area contributed by atoms with E-state index >= 15 is 0 Å². The zero-order chi connectivity index (χ0) is 10.3. The Hall–Kier alpha value is -1.31. The lowest BCUT2D eigenvalue weighted by Gasteiger charge is -1.71. The van der Waals surface area contributed by atoms with E-state index in [0.29, 0.717) is 0 Å². The van der Waals surface area contributed by atoms with Crippen molar-refractivity contribution in [2.45, 2.75) is 13.3 Å². The van der Waals surface area contributed by atoms with E-state index in [4.69, 9.17) is 5.11 Å². The maximum Gasteiger partial charge on any atom is 0.303 e. The average molecular weight is 158 g/mol. The van der Waals surface area contributed by atoms with Crippen LogP contribution < -0.4 is 0 Å². The smallest absolute Gasteiger partial charge is 0.303 e. The van der Waals surface area contributed by atoms with Crippen molar-refractivity contribution < 1.29 is 9.90 Å². The first-order chi connectivity index (χ1) is 5.27. The summed E-state index contributed by atoms with van der Waals surface area (Å²) in [5, 5.41) is 7.72. The number of rotatable bonds is 1. The maximum atomic E-state index is 9.37. The van der Waals surface area contributed by atoms with Crippen molar-refractivity contribution in [1.82, 2.24) is 0 Å². The molecular formula is C9H18O2. The Morgan fingerprint density at radius 1 is 1.09 bits per heavy atom. The molecule has 1 N–H and O–H groups in total. The van der Waals surface area contributed by atoms with Crippen molar-refractivity contribution in [2.24, 2.45) is 0 Å². The van der Waals surface area contributed by atoms with Gasteiger partial charge in [0, 0.05) is 6.42 Å². The van der Waals surface area contributed by atoms with Crippen LogP contribution in [0.15, 0.2) is 39.5 Å². The lowest BCUT2D eigenvalue weighted by Crippen LogP contribution is -1.86. The first-order valence-corrected chi connectivity index (χ1v) is 2.99. The van der Waals surface area contributed by atoms with Gasteiger partial charge >= 0.3 is 5.97 Å². The Morgan fingerprint density at radius 2 is 1.18 bits per heavy atom. The van der Waals surface area contributed by atoms with E-state index in [0.717, 1.165) is 0 Å². The van der Waals surface area contributed by atoms with Gasteiger partial charge in [-0.3, -0.25) is 4.79 Å². The van der Waals surface area contributed by atoms with Gasteiger partial charge in [-0.05, 0) is 0 Å². The van der Waals surface area contributed by atoms with Gasteiger partial charge in [-0.15, -0.1) is 39.5 Å². The van der Waals surface area contributed by atoms with E-state index in [1.165, 1.54) is 0 Å². The molecule has 0 amide bonds. The van der Waals surface area contributed by atoms with Gasteiger partial charge in [-0.2, -0.15) is 0 Å². The minimum absolute atomic E-state index is 0.222. The molecule has 0 aliphatic heterocycles. The molecule has 0 aromatic carbocycles. The first-order valence-electron chi connectivity index (χ1n) is 2.99. The van der Waals surface area contributed by atoms with Crippen molar-refractivity contribution >= 4 is 5.97 Å². The van der Waals surface area contributed by atoms with Crippen LogP contribution >= 0.6 is 0 Å². The zero-order valence-corrected chi connectivity index (χ0v) is 7.31. The van der Waals surface area contributed by atoms with E-state index in [-0.39, 0.29) is 6.42 Å². The number of aliphatic carboxylic acids is 1. The van der Waals surface area contributed by atoms with E-state index in [2.05, 4.69) is 39.5 Å². The standard InChI is InChI=1S/C3H6O2.3C2H4/c1-2-3(4)5;3*1-2/h2H2,1H3,(H,4,5);3*1-2H2. The normalized spacial score (nSPS) is 4.45. The molecule has 0 fully saturated rings. The van der Waals surface area contributed by atoms with Gasteiger partial charge in [0.2, 0.25) is 0 Å². The summed E-state index contributed by atoms with van der Waals surface area (Å²) in [5.74, 6) is -0.745. The molecule has 0 heterocycles. The lowest BCUT2D eigenvalue weighted by molar-refractivity contribution is -0.136. The largest absolute Gasteiger partial charge is 0.481 e. The average Bonchev–Trinajstić information content (AvgIpc) is 2.15. The summed E-state index contributed by atoms with van der Waals surface area (Å²) in [6, 6.07) is 0. The summed E-state index contributed by atoms with van der Waals surface area (Å²) in [6.07, 6.45) is 0.222. The number of hydrogen-bond acceptors (Lipinski definition) is 1. The molecule has 0 saturated heterocycles. The highest BCUT2D eigenvalue weighted by atomic mass is 16.4. The van der Waals surface area contributed by atoms with Crippen LogP contribution in [-0.4, -0.2) is 11.1 Å². The summed E-state index contributed by atoms with van der Waals surface area (Å²) < 4.78 is 0. The third-order valence-corrected chi connectivity index (χ3v) is 0.302. The molecule has 66 valence electrons. The van der Waals surface area contributed by atoms with E-state index in [1.54, 1.807) is 6.92 Å². The third kappa shape index (κ3) is 817. The number of carboxylic acid groups (broad SMARTS) is 1. The second-order valence-corrected chi connectivity index (χ2v) is 0.747. The van der Waals surface area contributed by atoms with Crippen LogP contribution in [0.4, 0.5) is 0 Å². The number of hydrogen-bond donors (Lipinski definition) is 1. The van der Waals surface area contributed by atoms with E-state index in [9.17, 15) is 4.79 Å². The van der Waals surface area contributed by atoms with Crippen molar-refractivity contribution in [2.75, 3.05) is 0 Å². The van der Waals surface area contributed by atoms with Gasteiger partial charge < -0.3 is 5.11 Å². The second-order valence-electron chi connectivity index (χ2n) is 0.747. The predicted octanol–water partition coefficient (Wildman–Crippen LogP) is 2.89. The molecule has 0 aromatic heterocycles. The van der Waals surface area contributed by atoms with Gasteiger partial charge in [0.1, 0.15) is 0 Å². The molecule has 0 radical (unpaired) electrons. The van der Waals surface area contributed by atoms with Crippen molar-refractivity contribution in [1.29, 1.82) is 0 Å². The highest BCUT2D eigenvalue weighted by Gasteiger charge is 1.80. The van der Waals surface area contributed by atoms with Gasteiger partial charge in [-0.25, -0.2) is 0 Å². The quantitative estimate of drug-likeness (QED) is 0.596. The van der Waals surface area contributed by atoms with Crippen LogP contribution in [0.25, 0.3) is 0 Å². The highest BCUT2D eigenvalue weighted by Crippen LogP contribution is 1.67. The van der Waals surface area contributed by atoms with Crippen LogP contribution in [-0.2, 0) is 4.79 Å². The Balaban J connectivity index is -0.0000000350. The molecule has 0 unspecified atom stereocenters. The van der Waals surface area contributed by atoms with Crippen LogP contribution in [0.1, 0.15) is 13.3 Å². The van der Waals surface area contributed by atoms with Crippen LogP contribution in [0.5, 0.6) is 0 Å². The SMILES string of the molecule is C=C.C=C.C=C.CCC(=O)O. The lowest BCUT2D eigenvalue weighted by atomic mass is 10.5. The molecule has 0 aliphatic rings. The monoisotopic (exact) mass is 158 g/mol. The first kappa shape index (κ1) is 22.6. The van der Waals surface area contributed by atoms with Crippen molar-refractivity contribution in [3.8, 4) is 0 Å². The molecule has 0 bridgehead atoms. The van der Waals surface area contributed by atoms with Crippen molar-refractivity contribution in [3.05, 3.63) is 39.5 Å². The Kier molecular flexibility index (Phi) is 146. The van der Waals surface area contributed by atoms with Gasteiger partial charge in [0.05, 0.1) is 0 Å². The predicted molar refractivity (Wildman–Crippen MR) is 51.7 cm³/mol. The molecule has 0 spiro atoms. The zero-order valence-electron chi connectivity index (χ0n) is 7.31. The molecule has 0 aromatic rings. The van der Waals surface area contributed by atoms with Crippen LogP contribution in [0.3, 0.4) is 0 Å². The molecule has 2 heteroatoms. The summed E-state index contributed by atoms with van der Waals surface area (Å²) in [6.45, 7) is 19.6. The van der Waals surface area contributed by atoms with Gasteiger partial charge in [0.25, 0.3) is 0 Å². The topological polar surface area (TPSA) is 37.3 Å². The Morgan fingerprint density at radius 3 is 1.18 bits per heavy atom. The molecule has 11 heavy (non-hydrogen) atoms. The minimum Gasteiger partial charge on any atom is -0.481 e. The Labute approximate surface area is 69.6 Å². The molecule has 2 nitrogen and oxygen atoms in total. The summed E-state index contributed by atoms with van der Waals surface area (Å²) in [7, 11) is 0. The molecule has 0 aliphatic carbocycles. The third-order valence-electron chi connectivity index (χ3n) is 0.302. The second kappa shape index (κ2) is 71.0.